The molecule has 160 valence electrons. The highest BCUT2D eigenvalue weighted by Gasteiger charge is 2.50. The van der Waals surface area contributed by atoms with E-state index < -0.39 is 27.9 Å². The van der Waals surface area contributed by atoms with Crippen LogP contribution in [0, 0.1) is 11.3 Å². The number of rotatable bonds is 5. The molecule has 2 N–H and O–H groups in total. The third-order valence-corrected chi connectivity index (χ3v) is 7.42. The lowest BCUT2D eigenvalue weighted by Gasteiger charge is -2.30. The molecule has 3 aromatic rings. The van der Waals surface area contributed by atoms with Gasteiger partial charge in [-0.15, -0.1) is 0 Å². The minimum Gasteiger partial charge on any atom is -0.399 e. The number of halogens is 1. The molecule has 8 heteroatoms. The number of nitrogens with two attached hydrogens (primary N) is 1. The number of ketones is 1. The zero-order chi connectivity index (χ0) is 22.9. The summed E-state index contributed by atoms with van der Waals surface area (Å²) in [6.45, 7) is 0. The maximum atomic E-state index is 13.8. The largest absolute Gasteiger partial charge is 0.399 e. The fraction of sp³-hybridized carbons (Fsp3) is 0.0833. The Labute approximate surface area is 191 Å². The van der Waals surface area contributed by atoms with Crippen molar-refractivity contribution >= 4 is 27.4 Å². The molecule has 0 saturated carbocycles. The smallest absolute Gasteiger partial charge is 0.245 e. The molecule has 4 rings (SSSR count). The van der Waals surface area contributed by atoms with E-state index in [4.69, 9.17) is 17.3 Å². The van der Waals surface area contributed by atoms with Crippen LogP contribution in [-0.4, -0.2) is 24.5 Å². The number of nitriles is 1. The van der Waals surface area contributed by atoms with Crippen LogP contribution >= 0.6 is 11.6 Å². The molecule has 0 radical (unpaired) electrons. The molecule has 2 unspecified atom stereocenters. The number of hydrogen-bond acceptors (Lipinski definition) is 5. The first-order chi connectivity index (χ1) is 15.4. The summed E-state index contributed by atoms with van der Waals surface area (Å²) >= 11 is 5.94. The Bertz CT molecular complexity index is 1330. The molecule has 0 aromatic heterocycles. The van der Waals surface area contributed by atoms with Crippen molar-refractivity contribution < 1.29 is 13.2 Å². The van der Waals surface area contributed by atoms with Crippen LogP contribution in [0.15, 0.2) is 101 Å². The number of Topliss-reactive ketones (excluding diaryl/α,β-unsaturated/α-hetero) is 1. The molecule has 0 saturated heterocycles. The van der Waals surface area contributed by atoms with Gasteiger partial charge in [-0.25, -0.2) is 8.42 Å². The van der Waals surface area contributed by atoms with Crippen LogP contribution in [-0.2, 0) is 10.0 Å². The van der Waals surface area contributed by atoms with Crippen molar-refractivity contribution in [1.82, 2.24) is 4.31 Å². The van der Waals surface area contributed by atoms with Crippen LogP contribution in [0.2, 0.25) is 5.02 Å². The van der Waals surface area contributed by atoms with Gasteiger partial charge < -0.3 is 5.73 Å². The van der Waals surface area contributed by atoms with Gasteiger partial charge in [-0.1, -0.05) is 72.3 Å². The summed E-state index contributed by atoms with van der Waals surface area (Å²) in [5.41, 5.74) is 7.08. The highest BCUT2D eigenvalue weighted by molar-refractivity contribution is 7.89. The van der Waals surface area contributed by atoms with Crippen LogP contribution in [0.4, 0.5) is 0 Å². The number of carbonyl (C=O) groups excluding carboxylic acids is 1. The monoisotopic (exact) mass is 463 g/mol. The molecule has 1 heterocycles. The molecular weight excluding hydrogens is 446 g/mol. The lowest BCUT2D eigenvalue weighted by molar-refractivity contribution is 0.0918. The Morgan fingerprint density at radius 2 is 1.50 bits per heavy atom. The number of benzene rings is 3. The summed E-state index contributed by atoms with van der Waals surface area (Å²) in [6.07, 6.45) is 0. The SMILES string of the molecule is N#CC1=C(N)C(C(=O)c2ccccc2)N(S(=O)(=O)c2ccc(Cl)cc2)C1c1ccccc1. The molecule has 0 bridgehead atoms. The van der Waals surface area contributed by atoms with Gasteiger partial charge in [-0.05, 0) is 29.8 Å². The van der Waals surface area contributed by atoms with E-state index >= 15 is 0 Å². The summed E-state index contributed by atoms with van der Waals surface area (Å²) in [7, 11) is -4.25. The van der Waals surface area contributed by atoms with E-state index in [1.807, 2.05) is 6.07 Å². The topological polar surface area (TPSA) is 104 Å². The van der Waals surface area contributed by atoms with Crippen molar-refractivity contribution in [3.8, 4) is 6.07 Å². The van der Waals surface area contributed by atoms with Crippen LogP contribution in [0.1, 0.15) is 22.0 Å². The number of carbonyl (C=O) groups is 1. The van der Waals surface area contributed by atoms with E-state index in [9.17, 15) is 18.5 Å². The van der Waals surface area contributed by atoms with Gasteiger partial charge >= 0.3 is 0 Å². The van der Waals surface area contributed by atoms with Crippen molar-refractivity contribution in [3.63, 3.8) is 0 Å². The van der Waals surface area contributed by atoms with Gasteiger partial charge in [0.1, 0.15) is 6.04 Å². The second-order valence-corrected chi connectivity index (χ2v) is 9.50. The van der Waals surface area contributed by atoms with E-state index in [1.54, 1.807) is 60.7 Å². The van der Waals surface area contributed by atoms with Gasteiger partial charge in [0.15, 0.2) is 5.78 Å². The summed E-state index contributed by atoms with van der Waals surface area (Å²) < 4.78 is 28.7. The lowest BCUT2D eigenvalue weighted by atomic mass is 10.00. The zero-order valence-corrected chi connectivity index (χ0v) is 18.3. The van der Waals surface area contributed by atoms with Gasteiger partial charge in [0.2, 0.25) is 10.0 Å². The van der Waals surface area contributed by atoms with Gasteiger partial charge in [-0.3, -0.25) is 4.79 Å². The summed E-state index contributed by atoms with van der Waals surface area (Å²) in [6, 6.07) is 22.2. The van der Waals surface area contributed by atoms with Gasteiger partial charge in [0, 0.05) is 10.6 Å². The van der Waals surface area contributed by atoms with Crippen molar-refractivity contribution in [1.29, 1.82) is 5.26 Å². The Balaban J connectivity index is 1.95. The third kappa shape index (κ3) is 3.69. The Morgan fingerprint density at radius 1 is 0.938 bits per heavy atom. The van der Waals surface area contributed by atoms with E-state index in [0.717, 1.165) is 4.31 Å². The molecule has 1 aliphatic rings. The second kappa shape index (κ2) is 8.60. The second-order valence-electron chi connectivity index (χ2n) is 7.22. The van der Waals surface area contributed by atoms with Gasteiger partial charge in [0.05, 0.1) is 28.3 Å². The molecule has 0 amide bonds. The van der Waals surface area contributed by atoms with Crippen molar-refractivity contribution in [2.24, 2.45) is 5.73 Å². The van der Waals surface area contributed by atoms with Crippen molar-refractivity contribution in [2.75, 3.05) is 0 Å². The predicted molar refractivity (Wildman–Crippen MR) is 121 cm³/mol. The first-order valence-corrected chi connectivity index (χ1v) is 11.5. The molecular formula is C24H18ClN3O3S. The molecule has 0 fully saturated rings. The summed E-state index contributed by atoms with van der Waals surface area (Å²) in [4.78, 5) is 13.4. The first kappa shape index (κ1) is 21.8. The standard InChI is InChI=1S/C24H18ClN3O3S/c25-18-11-13-19(14-12-18)32(30,31)28-22(16-7-3-1-4-8-16)20(15-26)21(27)23(28)24(29)17-9-5-2-6-10-17/h1-14,22-23H,27H2. The minimum atomic E-state index is -4.25. The average molecular weight is 464 g/mol. The fourth-order valence-electron chi connectivity index (χ4n) is 3.82. The normalized spacial score (nSPS) is 19.0. The fourth-order valence-corrected chi connectivity index (χ4v) is 5.66. The Kier molecular flexibility index (Phi) is 5.85. The summed E-state index contributed by atoms with van der Waals surface area (Å²) in [5.74, 6) is -0.508. The van der Waals surface area contributed by atoms with E-state index in [1.165, 1.54) is 24.3 Å². The maximum Gasteiger partial charge on any atom is 0.245 e. The molecule has 1 aliphatic heterocycles. The molecule has 3 aromatic carbocycles. The maximum absolute atomic E-state index is 13.8. The number of hydrogen-bond donors (Lipinski definition) is 1. The number of nitrogens with zero attached hydrogens (tertiary/aromatic N) is 2. The first-order valence-electron chi connectivity index (χ1n) is 9.69. The van der Waals surface area contributed by atoms with Gasteiger partial charge in [-0.2, -0.15) is 9.57 Å². The molecule has 6 nitrogen and oxygen atoms in total. The summed E-state index contributed by atoms with van der Waals surface area (Å²) in [5, 5.41) is 10.3. The Morgan fingerprint density at radius 3 is 2.06 bits per heavy atom. The van der Waals surface area contributed by atoms with Gasteiger partial charge in [0.25, 0.3) is 0 Å². The van der Waals surface area contributed by atoms with Crippen LogP contribution in [0.25, 0.3) is 0 Å². The average Bonchev–Trinajstić information content (AvgIpc) is 3.12. The predicted octanol–water partition coefficient (Wildman–Crippen LogP) is 4.07. The highest BCUT2D eigenvalue weighted by atomic mass is 35.5. The molecule has 32 heavy (non-hydrogen) atoms. The zero-order valence-electron chi connectivity index (χ0n) is 16.7. The van der Waals surface area contributed by atoms with Crippen LogP contribution in [0.3, 0.4) is 0 Å². The quantitative estimate of drug-likeness (QED) is 0.574. The molecule has 2 atom stereocenters. The van der Waals surface area contributed by atoms with E-state index in [2.05, 4.69) is 0 Å². The van der Waals surface area contributed by atoms with Crippen LogP contribution in [0.5, 0.6) is 0 Å². The van der Waals surface area contributed by atoms with Crippen LogP contribution < -0.4 is 5.73 Å². The number of sulfonamides is 1. The lowest BCUT2D eigenvalue weighted by Crippen LogP contribution is -2.45. The van der Waals surface area contributed by atoms with Crippen molar-refractivity contribution in [3.05, 3.63) is 112 Å². The minimum absolute atomic E-state index is 0.0306. The van der Waals surface area contributed by atoms with Crippen molar-refractivity contribution in [2.45, 2.75) is 17.0 Å². The van der Waals surface area contributed by atoms with E-state index in [0.29, 0.717) is 16.1 Å². The molecule has 0 spiro atoms. The Hall–Kier alpha value is -3.44. The highest BCUT2D eigenvalue weighted by Crippen LogP contribution is 2.43. The molecule has 0 aliphatic carbocycles. The third-order valence-electron chi connectivity index (χ3n) is 5.32. The van der Waals surface area contributed by atoms with E-state index in [-0.39, 0.29) is 16.2 Å².